The summed E-state index contributed by atoms with van der Waals surface area (Å²) in [5.74, 6) is 1.25. The third kappa shape index (κ3) is 4.72. The molecular formula is C15H23NS. The lowest BCUT2D eigenvalue weighted by atomic mass is 10.2. The number of thioether (sulfide) groups is 1. The average Bonchev–Trinajstić information content (AvgIpc) is 3.09. The van der Waals surface area contributed by atoms with Crippen molar-refractivity contribution >= 4 is 11.8 Å². The number of hydrogen-bond donors (Lipinski definition) is 1. The highest BCUT2D eigenvalue weighted by Gasteiger charge is 2.19. The third-order valence-corrected chi connectivity index (χ3v) is 4.43. The number of aryl methyl sites for hydroxylation is 2. The second-order valence-electron chi connectivity index (χ2n) is 5.05. The van der Waals surface area contributed by atoms with Crippen molar-refractivity contribution in [3.8, 4) is 0 Å². The zero-order valence-corrected chi connectivity index (χ0v) is 11.8. The zero-order valence-electron chi connectivity index (χ0n) is 11.0. The first-order valence-corrected chi connectivity index (χ1v) is 7.68. The molecule has 94 valence electrons. The van der Waals surface area contributed by atoms with E-state index in [0.717, 1.165) is 6.04 Å². The molecule has 0 saturated heterocycles. The molecule has 0 atom stereocenters. The van der Waals surface area contributed by atoms with Gasteiger partial charge in [0.1, 0.15) is 0 Å². The molecule has 0 amide bonds. The van der Waals surface area contributed by atoms with Crippen LogP contribution in [0.2, 0.25) is 0 Å². The van der Waals surface area contributed by atoms with Crippen LogP contribution < -0.4 is 5.32 Å². The Labute approximate surface area is 109 Å². The molecule has 0 bridgehead atoms. The van der Waals surface area contributed by atoms with Crippen molar-refractivity contribution in [2.24, 2.45) is 0 Å². The fourth-order valence-corrected chi connectivity index (χ4v) is 2.98. The maximum atomic E-state index is 3.56. The Hall–Kier alpha value is -0.470. The number of benzene rings is 1. The minimum absolute atomic E-state index is 0.863. The maximum Gasteiger partial charge on any atom is 0.0101 e. The average molecular weight is 249 g/mol. The van der Waals surface area contributed by atoms with E-state index in [-0.39, 0.29) is 0 Å². The first-order valence-electron chi connectivity index (χ1n) is 6.69. The quantitative estimate of drug-likeness (QED) is 0.580. The minimum Gasteiger partial charge on any atom is -0.314 e. The van der Waals surface area contributed by atoms with Crippen molar-refractivity contribution in [3.63, 3.8) is 0 Å². The molecule has 1 fully saturated rings. The molecule has 2 heteroatoms. The van der Waals surface area contributed by atoms with Gasteiger partial charge in [-0.15, -0.1) is 11.8 Å². The van der Waals surface area contributed by atoms with Crippen LogP contribution >= 0.6 is 11.8 Å². The van der Waals surface area contributed by atoms with Gasteiger partial charge in [0.2, 0.25) is 0 Å². The molecule has 1 aromatic rings. The molecule has 0 aromatic heterocycles. The largest absolute Gasteiger partial charge is 0.314 e. The van der Waals surface area contributed by atoms with Crippen LogP contribution in [0.1, 0.15) is 36.8 Å². The molecule has 2 rings (SSSR count). The van der Waals surface area contributed by atoms with Gasteiger partial charge in [-0.25, -0.2) is 0 Å². The Morgan fingerprint density at radius 3 is 2.76 bits per heavy atom. The van der Waals surface area contributed by atoms with Crippen LogP contribution in [0.15, 0.2) is 23.1 Å². The monoisotopic (exact) mass is 249 g/mol. The van der Waals surface area contributed by atoms with Crippen molar-refractivity contribution in [2.75, 3.05) is 12.3 Å². The molecule has 1 aromatic carbocycles. The van der Waals surface area contributed by atoms with Crippen LogP contribution in [0, 0.1) is 13.8 Å². The Balaban J connectivity index is 1.60. The van der Waals surface area contributed by atoms with Crippen LogP contribution in [0.25, 0.3) is 0 Å². The molecule has 0 radical (unpaired) electrons. The van der Waals surface area contributed by atoms with Gasteiger partial charge in [-0.2, -0.15) is 0 Å². The molecule has 1 N–H and O–H groups in total. The van der Waals surface area contributed by atoms with Crippen molar-refractivity contribution in [1.82, 2.24) is 5.32 Å². The van der Waals surface area contributed by atoms with E-state index in [1.807, 2.05) is 11.8 Å². The van der Waals surface area contributed by atoms with Crippen LogP contribution in [-0.4, -0.2) is 18.3 Å². The standard InChI is InChI=1S/C15H23NS/c1-12-5-8-15(13(2)11-12)17-10-4-3-9-16-14-6-7-14/h5,8,11,14,16H,3-4,6-7,9-10H2,1-2H3. The summed E-state index contributed by atoms with van der Waals surface area (Å²) in [6.45, 7) is 5.58. The summed E-state index contributed by atoms with van der Waals surface area (Å²) in [6, 6.07) is 7.61. The molecule has 0 spiro atoms. The van der Waals surface area contributed by atoms with E-state index in [9.17, 15) is 0 Å². The Morgan fingerprint density at radius 2 is 2.06 bits per heavy atom. The molecule has 1 aliphatic carbocycles. The maximum absolute atomic E-state index is 3.56. The fourth-order valence-electron chi connectivity index (χ4n) is 1.96. The number of nitrogens with one attached hydrogen (secondary N) is 1. The van der Waals surface area contributed by atoms with E-state index >= 15 is 0 Å². The third-order valence-electron chi connectivity index (χ3n) is 3.17. The van der Waals surface area contributed by atoms with E-state index in [4.69, 9.17) is 0 Å². The summed E-state index contributed by atoms with van der Waals surface area (Å²) >= 11 is 2.00. The molecule has 1 saturated carbocycles. The Bertz CT molecular complexity index is 358. The van der Waals surface area contributed by atoms with Crippen LogP contribution in [0.4, 0.5) is 0 Å². The van der Waals surface area contributed by atoms with Gasteiger partial charge >= 0.3 is 0 Å². The number of unbranched alkanes of at least 4 members (excludes halogenated alkanes) is 1. The van der Waals surface area contributed by atoms with Gasteiger partial charge in [-0.05, 0) is 63.5 Å². The highest BCUT2D eigenvalue weighted by Crippen LogP contribution is 2.24. The SMILES string of the molecule is Cc1ccc(SCCCCNC2CC2)c(C)c1. The highest BCUT2D eigenvalue weighted by molar-refractivity contribution is 7.99. The van der Waals surface area contributed by atoms with E-state index in [1.165, 1.54) is 54.0 Å². The van der Waals surface area contributed by atoms with E-state index in [2.05, 4.69) is 37.4 Å². The molecular weight excluding hydrogens is 226 g/mol. The number of hydrogen-bond acceptors (Lipinski definition) is 2. The second-order valence-corrected chi connectivity index (χ2v) is 6.19. The van der Waals surface area contributed by atoms with E-state index < -0.39 is 0 Å². The normalized spacial score (nSPS) is 15.2. The van der Waals surface area contributed by atoms with Gasteiger partial charge in [0.15, 0.2) is 0 Å². The highest BCUT2D eigenvalue weighted by atomic mass is 32.2. The van der Waals surface area contributed by atoms with Gasteiger partial charge < -0.3 is 5.32 Å². The summed E-state index contributed by atoms with van der Waals surface area (Å²) in [5, 5.41) is 3.56. The lowest BCUT2D eigenvalue weighted by molar-refractivity contribution is 0.640. The van der Waals surface area contributed by atoms with Gasteiger partial charge in [-0.3, -0.25) is 0 Å². The first kappa shape index (κ1) is 13.0. The molecule has 17 heavy (non-hydrogen) atoms. The smallest absolute Gasteiger partial charge is 0.0101 e. The lowest BCUT2D eigenvalue weighted by Gasteiger charge is -2.06. The van der Waals surface area contributed by atoms with Crippen molar-refractivity contribution < 1.29 is 0 Å². The van der Waals surface area contributed by atoms with E-state index in [0.29, 0.717) is 0 Å². The predicted octanol–water partition coefficient (Wildman–Crippen LogP) is 3.93. The van der Waals surface area contributed by atoms with Crippen molar-refractivity contribution in [1.29, 1.82) is 0 Å². The Morgan fingerprint density at radius 1 is 1.24 bits per heavy atom. The second kappa shape index (κ2) is 6.46. The van der Waals surface area contributed by atoms with Crippen molar-refractivity contribution in [2.45, 2.75) is 50.5 Å². The number of rotatable bonds is 7. The summed E-state index contributed by atoms with van der Waals surface area (Å²) in [7, 11) is 0. The molecule has 0 unspecified atom stereocenters. The lowest BCUT2D eigenvalue weighted by Crippen LogP contribution is -2.17. The predicted molar refractivity (Wildman–Crippen MR) is 76.9 cm³/mol. The summed E-state index contributed by atoms with van der Waals surface area (Å²) < 4.78 is 0. The summed E-state index contributed by atoms with van der Waals surface area (Å²) in [5.41, 5.74) is 2.78. The van der Waals surface area contributed by atoms with Gasteiger partial charge in [0.25, 0.3) is 0 Å². The zero-order chi connectivity index (χ0) is 12.1. The van der Waals surface area contributed by atoms with Crippen LogP contribution in [0.3, 0.4) is 0 Å². The summed E-state index contributed by atoms with van der Waals surface area (Å²) in [6.07, 6.45) is 5.43. The molecule has 1 nitrogen and oxygen atoms in total. The van der Waals surface area contributed by atoms with Crippen molar-refractivity contribution in [3.05, 3.63) is 29.3 Å². The fraction of sp³-hybridized carbons (Fsp3) is 0.600. The first-order chi connectivity index (χ1) is 8.25. The topological polar surface area (TPSA) is 12.0 Å². The van der Waals surface area contributed by atoms with Gasteiger partial charge in [0, 0.05) is 10.9 Å². The molecule has 0 aliphatic heterocycles. The summed E-state index contributed by atoms with van der Waals surface area (Å²) in [4.78, 5) is 1.45. The van der Waals surface area contributed by atoms with E-state index in [1.54, 1.807) is 0 Å². The van der Waals surface area contributed by atoms with Gasteiger partial charge in [-0.1, -0.05) is 17.7 Å². The van der Waals surface area contributed by atoms with Gasteiger partial charge in [0.05, 0.1) is 0 Å². The molecule has 0 heterocycles. The van der Waals surface area contributed by atoms with Crippen LogP contribution in [0.5, 0.6) is 0 Å². The Kier molecular flexibility index (Phi) is 4.93. The molecule has 1 aliphatic rings. The minimum atomic E-state index is 0.863. The van der Waals surface area contributed by atoms with Crippen LogP contribution in [-0.2, 0) is 0 Å².